The number of nitrogens with two attached hydrogens (primary N) is 1. The SMILES string of the molecule is C1CCCCC1.CCNc1cc(CN)nc(C)n1.COCCNC=O. The molecule has 1 fully saturated rings. The summed E-state index contributed by atoms with van der Waals surface area (Å²) in [5.41, 5.74) is 6.34. The number of nitrogens with one attached hydrogen (secondary N) is 2. The van der Waals surface area contributed by atoms with Crippen molar-refractivity contribution in [1.29, 1.82) is 0 Å². The fourth-order valence-electron chi connectivity index (χ4n) is 2.29. The summed E-state index contributed by atoms with van der Waals surface area (Å²) in [7, 11) is 1.59. The van der Waals surface area contributed by atoms with Crippen molar-refractivity contribution in [2.45, 2.75) is 58.9 Å². The Morgan fingerprint density at radius 1 is 1.20 bits per heavy atom. The number of hydrogen-bond acceptors (Lipinski definition) is 6. The second kappa shape index (κ2) is 17.1. The van der Waals surface area contributed by atoms with Gasteiger partial charge in [-0.05, 0) is 13.8 Å². The predicted octanol–water partition coefficient (Wildman–Crippen LogP) is 2.39. The van der Waals surface area contributed by atoms with Crippen molar-refractivity contribution in [2.75, 3.05) is 32.1 Å². The maximum Gasteiger partial charge on any atom is 0.207 e. The Kier molecular flexibility index (Phi) is 15.9. The van der Waals surface area contributed by atoms with Crippen LogP contribution in [0.3, 0.4) is 0 Å². The zero-order chi connectivity index (χ0) is 18.8. The molecule has 7 nitrogen and oxygen atoms in total. The Labute approximate surface area is 152 Å². The fourth-order valence-corrected chi connectivity index (χ4v) is 2.29. The number of aromatic nitrogens is 2. The summed E-state index contributed by atoms with van der Waals surface area (Å²) in [6.45, 7) is 6.39. The van der Waals surface area contributed by atoms with Crippen LogP contribution in [0.2, 0.25) is 0 Å². The topological polar surface area (TPSA) is 102 Å². The van der Waals surface area contributed by atoms with Crippen molar-refractivity contribution in [3.05, 3.63) is 17.6 Å². The van der Waals surface area contributed by atoms with E-state index in [2.05, 4.69) is 25.3 Å². The van der Waals surface area contributed by atoms with E-state index in [0.29, 0.717) is 26.1 Å². The van der Waals surface area contributed by atoms with E-state index in [1.54, 1.807) is 7.11 Å². The Morgan fingerprint density at radius 3 is 2.24 bits per heavy atom. The first-order valence-corrected chi connectivity index (χ1v) is 9.12. The zero-order valence-electron chi connectivity index (χ0n) is 16.0. The lowest BCUT2D eigenvalue weighted by atomic mass is 10.0. The highest BCUT2D eigenvalue weighted by atomic mass is 16.5. The number of amides is 1. The average Bonchev–Trinajstić information content (AvgIpc) is 2.64. The third-order valence-electron chi connectivity index (χ3n) is 3.49. The highest BCUT2D eigenvalue weighted by Gasteiger charge is 1.98. The molecule has 2 rings (SSSR count). The third-order valence-corrected chi connectivity index (χ3v) is 3.49. The molecule has 0 spiro atoms. The molecule has 1 saturated carbocycles. The van der Waals surface area contributed by atoms with Crippen LogP contribution in [0.5, 0.6) is 0 Å². The van der Waals surface area contributed by atoms with Gasteiger partial charge in [-0.1, -0.05) is 38.5 Å². The van der Waals surface area contributed by atoms with Crippen LogP contribution in [0, 0.1) is 6.92 Å². The molecule has 0 bridgehead atoms. The summed E-state index contributed by atoms with van der Waals surface area (Å²) in [6, 6.07) is 1.87. The highest BCUT2D eigenvalue weighted by molar-refractivity contribution is 5.45. The van der Waals surface area contributed by atoms with Gasteiger partial charge in [-0.3, -0.25) is 4.79 Å². The molecule has 25 heavy (non-hydrogen) atoms. The van der Waals surface area contributed by atoms with Gasteiger partial charge in [0.15, 0.2) is 0 Å². The lowest BCUT2D eigenvalue weighted by molar-refractivity contribution is -0.109. The quantitative estimate of drug-likeness (QED) is 0.514. The Balaban J connectivity index is 0.000000377. The molecule has 0 unspecified atom stereocenters. The van der Waals surface area contributed by atoms with E-state index in [9.17, 15) is 4.79 Å². The smallest absolute Gasteiger partial charge is 0.207 e. The van der Waals surface area contributed by atoms with Gasteiger partial charge in [-0.15, -0.1) is 0 Å². The van der Waals surface area contributed by atoms with Gasteiger partial charge in [0.2, 0.25) is 6.41 Å². The van der Waals surface area contributed by atoms with Crippen LogP contribution in [-0.4, -0.2) is 43.2 Å². The molecule has 0 aromatic carbocycles. The molecule has 0 radical (unpaired) electrons. The number of rotatable bonds is 7. The number of ether oxygens (including phenoxy) is 1. The number of methoxy groups -OCH3 is 1. The second-order valence-corrected chi connectivity index (χ2v) is 5.71. The first-order valence-electron chi connectivity index (χ1n) is 9.12. The number of carbonyl (C=O) groups excluding carboxylic acids is 1. The van der Waals surface area contributed by atoms with E-state index >= 15 is 0 Å². The van der Waals surface area contributed by atoms with Gasteiger partial charge in [-0.2, -0.15) is 0 Å². The molecule has 144 valence electrons. The van der Waals surface area contributed by atoms with Gasteiger partial charge in [0.1, 0.15) is 11.6 Å². The molecule has 1 heterocycles. The minimum Gasteiger partial charge on any atom is -0.383 e. The van der Waals surface area contributed by atoms with Crippen LogP contribution in [0.15, 0.2) is 6.07 Å². The number of carbonyl (C=O) groups is 1. The monoisotopic (exact) mass is 353 g/mol. The lowest BCUT2D eigenvalue weighted by Gasteiger charge is -2.05. The van der Waals surface area contributed by atoms with Gasteiger partial charge >= 0.3 is 0 Å². The lowest BCUT2D eigenvalue weighted by Crippen LogP contribution is -2.16. The van der Waals surface area contributed by atoms with Crippen molar-refractivity contribution in [3.63, 3.8) is 0 Å². The zero-order valence-corrected chi connectivity index (χ0v) is 16.0. The van der Waals surface area contributed by atoms with E-state index < -0.39 is 0 Å². The molecule has 0 atom stereocenters. The molecule has 1 aromatic rings. The molecule has 1 aromatic heterocycles. The van der Waals surface area contributed by atoms with Crippen molar-refractivity contribution in [1.82, 2.24) is 15.3 Å². The standard InChI is InChI=1S/C8H14N4.C6H12.C4H9NO2/c1-3-10-8-4-7(5-9)11-6(2)12-8;1-2-4-6-5-3-1;1-7-3-2-5-4-6/h4H,3,5,9H2,1-2H3,(H,10,11,12);1-6H2;4H,2-3H2,1H3,(H,5,6). The van der Waals surface area contributed by atoms with Gasteiger partial charge in [0.25, 0.3) is 0 Å². The van der Waals surface area contributed by atoms with Gasteiger partial charge < -0.3 is 21.1 Å². The van der Waals surface area contributed by atoms with Crippen molar-refractivity contribution < 1.29 is 9.53 Å². The van der Waals surface area contributed by atoms with Crippen molar-refractivity contribution >= 4 is 12.2 Å². The van der Waals surface area contributed by atoms with Crippen LogP contribution in [0.4, 0.5) is 5.82 Å². The summed E-state index contributed by atoms with van der Waals surface area (Å²) >= 11 is 0. The van der Waals surface area contributed by atoms with Gasteiger partial charge in [-0.25, -0.2) is 9.97 Å². The van der Waals surface area contributed by atoms with Gasteiger partial charge in [0, 0.05) is 32.8 Å². The van der Waals surface area contributed by atoms with Crippen LogP contribution in [0.1, 0.15) is 57.0 Å². The van der Waals surface area contributed by atoms with E-state index in [-0.39, 0.29) is 0 Å². The molecule has 4 N–H and O–H groups in total. The van der Waals surface area contributed by atoms with Crippen molar-refractivity contribution in [2.24, 2.45) is 5.73 Å². The number of aryl methyl sites for hydroxylation is 1. The normalized spacial score (nSPS) is 12.8. The average molecular weight is 354 g/mol. The summed E-state index contributed by atoms with van der Waals surface area (Å²) in [5, 5.41) is 5.56. The molecule has 1 amide bonds. The first kappa shape index (κ1) is 23.3. The van der Waals surface area contributed by atoms with Crippen LogP contribution in [0.25, 0.3) is 0 Å². The number of hydrogen-bond donors (Lipinski definition) is 3. The second-order valence-electron chi connectivity index (χ2n) is 5.71. The fraction of sp³-hybridized carbons (Fsp3) is 0.722. The minimum absolute atomic E-state index is 0.460. The maximum atomic E-state index is 9.51. The molecule has 0 saturated heterocycles. The largest absolute Gasteiger partial charge is 0.383 e. The molecule has 1 aliphatic rings. The molecular weight excluding hydrogens is 318 g/mol. The summed E-state index contributed by atoms with van der Waals surface area (Å²) in [4.78, 5) is 17.9. The predicted molar refractivity (Wildman–Crippen MR) is 102 cm³/mol. The van der Waals surface area contributed by atoms with Gasteiger partial charge in [0.05, 0.1) is 12.3 Å². The van der Waals surface area contributed by atoms with Crippen molar-refractivity contribution in [3.8, 4) is 0 Å². The van der Waals surface area contributed by atoms with E-state index in [1.807, 2.05) is 19.9 Å². The first-order chi connectivity index (χ1) is 12.2. The van der Waals surface area contributed by atoms with E-state index in [1.165, 1.54) is 38.5 Å². The summed E-state index contributed by atoms with van der Waals surface area (Å²) < 4.78 is 4.62. The molecule has 7 heteroatoms. The molecular formula is C18H35N5O2. The highest BCUT2D eigenvalue weighted by Crippen LogP contribution is 2.15. The van der Waals surface area contributed by atoms with Crippen LogP contribution in [-0.2, 0) is 16.1 Å². The molecule has 0 aliphatic heterocycles. The van der Waals surface area contributed by atoms with E-state index in [0.717, 1.165) is 23.9 Å². The number of nitrogens with zero attached hydrogens (tertiary/aromatic N) is 2. The van der Waals surface area contributed by atoms with Crippen LogP contribution >= 0.6 is 0 Å². The summed E-state index contributed by atoms with van der Waals surface area (Å²) in [6.07, 6.45) is 9.65. The maximum absolute atomic E-state index is 9.51. The number of anilines is 1. The molecule has 1 aliphatic carbocycles. The Bertz CT molecular complexity index is 428. The Hall–Kier alpha value is -1.73. The van der Waals surface area contributed by atoms with E-state index in [4.69, 9.17) is 5.73 Å². The minimum atomic E-state index is 0.460. The van der Waals surface area contributed by atoms with Crippen LogP contribution < -0.4 is 16.4 Å². The third kappa shape index (κ3) is 14.3. The summed E-state index contributed by atoms with van der Waals surface area (Å²) in [5.74, 6) is 1.61. The Morgan fingerprint density at radius 2 is 1.80 bits per heavy atom.